The minimum absolute atomic E-state index is 0.118. The van der Waals surface area contributed by atoms with Gasteiger partial charge < -0.3 is 5.73 Å². The first kappa shape index (κ1) is 11.5. The number of carbonyl (C=O) groups is 1. The van der Waals surface area contributed by atoms with Crippen LogP contribution in [-0.4, -0.2) is 20.8 Å². The van der Waals surface area contributed by atoms with E-state index in [0.717, 1.165) is 11.3 Å². The van der Waals surface area contributed by atoms with Gasteiger partial charge in [0.1, 0.15) is 0 Å². The van der Waals surface area contributed by atoms with Crippen LogP contribution < -0.4 is 5.73 Å². The second-order valence-corrected chi connectivity index (χ2v) is 3.99. The molecule has 0 bridgehead atoms. The molecule has 0 aliphatic heterocycles. The molecule has 1 aromatic rings. The fourth-order valence-corrected chi connectivity index (χ4v) is 1.30. The molecule has 1 heterocycles. The number of carbonyl (C=O) groups excluding carboxylic acids is 1. The van der Waals surface area contributed by atoms with E-state index in [4.69, 9.17) is 5.73 Å². The molecule has 0 aromatic carbocycles. The Balaban J connectivity index is 2.38. The van der Waals surface area contributed by atoms with Crippen LogP contribution in [-0.2, 0) is 4.79 Å². The van der Waals surface area contributed by atoms with Gasteiger partial charge in [-0.05, 0) is 0 Å². The highest BCUT2D eigenvalue weighted by molar-refractivity contribution is 8.13. The molecule has 0 aliphatic carbocycles. The quantitative estimate of drug-likeness (QED) is 0.598. The van der Waals surface area contributed by atoms with E-state index in [-0.39, 0.29) is 11.1 Å². The number of anilines is 1. The third-order valence-electron chi connectivity index (χ3n) is 1.44. The maximum Gasteiger partial charge on any atom is 0.219 e. The second-order valence-electron chi connectivity index (χ2n) is 2.72. The maximum atomic E-state index is 10.6. The molecule has 0 atom stereocenters. The minimum Gasteiger partial charge on any atom is -0.368 e. The molecule has 4 nitrogen and oxygen atoms in total. The Labute approximate surface area is 92.7 Å². The lowest BCUT2D eigenvalue weighted by atomic mass is 10.3. The number of hydrogen-bond donors (Lipinski definition) is 1. The predicted octanol–water partition coefficient (Wildman–Crippen LogP) is 1.08. The third-order valence-corrected chi connectivity index (χ3v) is 2.25. The highest BCUT2D eigenvalue weighted by Crippen LogP contribution is 2.02. The zero-order valence-electron chi connectivity index (χ0n) is 8.36. The lowest BCUT2D eigenvalue weighted by Gasteiger charge is -1.90. The van der Waals surface area contributed by atoms with Crippen LogP contribution in [0.1, 0.15) is 18.9 Å². The topological polar surface area (TPSA) is 68.9 Å². The van der Waals surface area contributed by atoms with Crippen LogP contribution in [0, 0.1) is 11.8 Å². The Morgan fingerprint density at radius 1 is 1.53 bits per heavy atom. The van der Waals surface area contributed by atoms with Crippen molar-refractivity contribution in [1.82, 2.24) is 9.97 Å². The molecule has 0 fully saturated rings. The largest absolute Gasteiger partial charge is 0.368 e. The van der Waals surface area contributed by atoms with Gasteiger partial charge in [0, 0.05) is 31.5 Å². The van der Waals surface area contributed by atoms with Gasteiger partial charge in [0.25, 0.3) is 0 Å². The summed E-state index contributed by atoms with van der Waals surface area (Å²) in [5, 5.41) is 0.118. The van der Waals surface area contributed by atoms with Gasteiger partial charge in [-0.25, -0.2) is 9.97 Å². The summed E-state index contributed by atoms with van der Waals surface area (Å²) in [6, 6.07) is 0. The molecule has 15 heavy (non-hydrogen) atoms. The number of nitrogen functional groups attached to an aromatic ring is 1. The van der Waals surface area contributed by atoms with Gasteiger partial charge in [-0.1, -0.05) is 23.6 Å². The standard InChI is InChI=1S/C10H11N3OS/c1-8(14)15-5-3-2-4-9-6-12-10(11)13-7-9/h6-7H,3,5H2,1H3,(H2,11,12,13). The van der Waals surface area contributed by atoms with Crippen LogP contribution in [0.3, 0.4) is 0 Å². The van der Waals surface area contributed by atoms with Crippen molar-refractivity contribution in [3.8, 4) is 11.8 Å². The molecule has 5 heteroatoms. The Hall–Kier alpha value is -1.54. The summed E-state index contributed by atoms with van der Waals surface area (Å²) in [6.07, 6.45) is 3.83. The van der Waals surface area contributed by atoms with Crippen LogP contribution >= 0.6 is 11.8 Å². The van der Waals surface area contributed by atoms with Crippen LogP contribution in [0.4, 0.5) is 5.95 Å². The van der Waals surface area contributed by atoms with E-state index < -0.39 is 0 Å². The van der Waals surface area contributed by atoms with Crippen LogP contribution in [0.2, 0.25) is 0 Å². The molecule has 0 aliphatic rings. The molecule has 1 rings (SSSR count). The van der Waals surface area contributed by atoms with Gasteiger partial charge in [0.15, 0.2) is 5.12 Å². The smallest absolute Gasteiger partial charge is 0.219 e. The summed E-state index contributed by atoms with van der Waals surface area (Å²) >= 11 is 1.28. The van der Waals surface area contributed by atoms with Crippen molar-refractivity contribution in [3.05, 3.63) is 18.0 Å². The first-order valence-corrected chi connectivity index (χ1v) is 5.37. The lowest BCUT2D eigenvalue weighted by molar-refractivity contribution is -0.109. The number of rotatable bonds is 2. The molecule has 0 saturated heterocycles. The van der Waals surface area contributed by atoms with E-state index in [1.807, 2.05) is 0 Å². The summed E-state index contributed by atoms with van der Waals surface area (Å²) in [4.78, 5) is 18.2. The van der Waals surface area contributed by atoms with Crippen molar-refractivity contribution >= 4 is 22.8 Å². The zero-order chi connectivity index (χ0) is 11.1. The fraction of sp³-hybridized carbons (Fsp3) is 0.300. The molecule has 2 N–H and O–H groups in total. The average molecular weight is 221 g/mol. The highest BCUT2D eigenvalue weighted by atomic mass is 32.2. The molecular weight excluding hydrogens is 210 g/mol. The summed E-state index contributed by atoms with van der Waals surface area (Å²) in [7, 11) is 0. The van der Waals surface area contributed by atoms with E-state index in [1.165, 1.54) is 11.8 Å². The van der Waals surface area contributed by atoms with Crippen LogP contribution in [0.5, 0.6) is 0 Å². The van der Waals surface area contributed by atoms with Crippen molar-refractivity contribution in [3.63, 3.8) is 0 Å². The normalized spacial score (nSPS) is 9.13. The molecule has 0 radical (unpaired) electrons. The Morgan fingerprint density at radius 3 is 2.80 bits per heavy atom. The summed E-state index contributed by atoms with van der Waals surface area (Å²) in [5.74, 6) is 6.79. The van der Waals surface area contributed by atoms with E-state index >= 15 is 0 Å². The monoisotopic (exact) mass is 221 g/mol. The van der Waals surface area contributed by atoms with Crippen molar-refractivity contribution in [2.75, 3.05) is 11.5 Å². The van der Waals surface area contributed by atoms with Crippen molar-refractivity contribution in [2.45, 2.75) is 13.3 Å². The third kappa shape index (κ3) is 5.03. The molecule has 0 saturated carbocycles. The molecule has 1 aromatic heterocycles. The molecular formula is C10H11N3OS. The molecule has 0 unspecified atom stereocenters. The van der Waals surface area contributed by atoms with Crippen molar-refractivity contribution in [1.29, 1.82) is 0 Å². The van der Waals surface area contributed by atoms with Crippen molar-refractivity contribution in [2.24, 2.45) is 0 Å². The Kier molecular flexibility index (Phi) is 4.64. The zero-order valence-corrected chi connectivity index (χ0v) is 9.17. The molecule has 0 spiro atoms. The van der Waals surface area contributed by atoms with Crippen molar-refractivity contribution < 1.29 is 4.79 Å². The minimum atomic E-state index is 0.118. The van der Waals surface area contributed by atoms with E-state index in [9.17, 15) is 4.79 Å². The maximum absolute atomic E-state index is 10.6. The van der Waals surface area contributed by atoms with Gasteiger partial charge in [0.05, 0.1) is 5.56 Å². The fourth-order valence-electron chi connectivity index (χ4n) is 0.813. The summed E-state index contributed by atoms with van der Waals surface area (Å²) in [6.45, 7) is 1.55. The van der Waals surface area contributed by atoms with E-state index in [2.05, 4.69) is 21.8 Å². The predicted molar refractivity (Wildman–Crippen MR) is 61.1 cm³/mol. The SMILES string of the molecule is CC(=O)SCCC#Cc1cnc(N)nc1. The van der Waals surface area contributed by atoms with Gasteiger partial charge >= 0.3 is 0 Å². The first-order valence-electron chi connectivity index (χ1n) is 4.38. The van der Waals surface area contributed by atoms with E-state index in [1.54, 1.807) is 19.3 Å². The number of nitrogens with zero attached hydrogens (tertiary/aromatic N) is 2. The Morgan fingerprint density at radius 2 is 2.20 bits per heavy atom. The number of aromatic nitrogens is 2. The van der Waals surface area contributed by atoms with E-state index in [0.29, 0.717) is 6.42 Å². The number of thioether (sulfide) groups is 1. The molecule has 0 amide bonds. The summed E-state index contributed by atoms with van der Waals surface area (Å²) in [5.41, 5.74) is 6.06. The van der Waals surface area contributed by atoms with Gasteiger partial charge in [0.2, 0.25) is 5.95 Å². The Bertz CT molecular complexity index is 391. The lowest BCUT2D eigenvalue weighted by Crippen LogP contribution is -1.93. The second kappa shape index (κ2) is 6.04. The molecule has 78 valence electrons. The van der Waals surface area contributed by atoms with Crippen LogP contribution in [0.15, 0.2) is 12.4 Å². The number of nitrogens with two attached hydrogens (primary N) is 1. The van der Waals surface area contributed by atoms with Crippen LogP contribution in [0.25, 0.3) is 0 Å². The first-order chi connectivity index (χ1) is 7.18. The average Bonchev–Trinajstić information content (AvgIpc) is 2.20. The highest BCUT2D eigenvalue weighted by Gasteiger charge is 1.91. The number of hydrogen-bond acceptors (Lipinski definition) is 5. The van der Waals surface area contributed by atoms with Gasteiger partial charge in [-0.3, -0.25) is 4.79 Å². The summed E-state index contributed by atoms with van der Waals surface area (Å²) < 4.78 is 0. The van der Waals surface area contributed by atoms with Gasteiger partial charge in [-0.2, -0.15) is 0 Å². The van der Waals surface area contributed by atoms with Gasteiger partial charge in [-0.15, -0.1) is 0 Å².